The highest BCUT2D eigenvalue weighted by molar-refractivity contribution is 5.74. The van der Waals surface area contributed by atoms with Crippen LogP contribution in [0, 0.1) is 5.92 Å². The molecule has 0 aromatic carbocycles. The largest absolute Gasteiger partial charge is 0.480 e. The van der Waals surface area contributed by atoms with Crippen molar-refractivity contribution in [3.05, 3.63) is 0 Å². The fourth-order valence-corrected chi connectivity index (χ4v) is 2.02. The molecule has 80 valence electrons. The first kappa shape index (κ1) is 9.93. The van der Waals surface area contributed by atoms with E-state index in [9.17, 15) is 4.79 Å². The van der Waals surface area contributed by atoms with Crippen molar-refractivity contribution in [2.75, 3.05) is 6.61 Å². The van der Waals surface area contributed by atoms with Crippen LogP contribution in [0.2, 0.25) is 0 Å². The minimum Gasteiger partial charge on any atom is -0.480 e. The van der Waals surface area contributed by atoms with E-state index in [4.69, 9.17) is 9.84 Å². The lowest BCUT2D eigenvalue weighted by Gasteiger charge is -2.21. The SMILES string of the molecule is CC1OCCC1NC(C(=O)O)C1CC1. The number of carbonyl (C=O) groups is 1. The molecule has 3 atom stereocenters. The van der Waals surface area contributed by atoms with Gasteiger partial charge >= 0.3 is 5.97 Å². The van der Waals surface area contributed by atoms with Gasteiger partial charge in [-0.1, -0.05) is 0 Å². The minimum atomic E-state index is -0.716. The average Bonchev–Trinajstić information content (AvgIpc) is 2.87. The van der Waals surface area contributed by atoms with E-state index in [2.05, 4.69) is 5.32 Å². The highest BCUT2D eigenvalue weighted by Gasteiger charge is 2.39. The zero-order valence-corrected chi connectivity index (χ0v) is 8.40. The first-order valence-electron chi connectivity index (χ1n) is 5.29. The number of nitrogens with one attached hydrogen (secondary N) is 1. The maximum absolute atomic E-state index is 11.0. The van der Waals surface area contributed by atoms with Crippen LogP contribution < -0.4 is 5.32 Å². The van der Waals surface area contributed by atoms with Gasteiger partial charge in [0.2, 0.25) is 0 Å². The van der Waals surface area contributed by atoms with E-state index < -0.39 is 5.97 Å². The first-order valence-corrected chi connectivity index (χ1v) is 5.29. The zero-order chi connectivity index (χ0) is 10.1. The smallest absolute Gasteiger partial charge is 0.320 e. The van der Waals surface area contributed by atoms with Crippen molar-refractivity contribution >= 4 is 5.97 Å². The molecule has 1 aliphatic heterocycles. The molecule has 2 N–H and O–H groups in total. The third kappa shape index (κ3) is 2.07. The summed E-state index contributed by atoms with van der Waals surface area (Å²) in [6, 6.07) is -0.138. The quantitative estimate of drug-likeness (QED) is 0.696. The molecule has 0 amide bonds. The van der Waals surface area contributed by atoms with Crippen LogP contribution in [0.15, 0.2) is 0 Å². The molecule has 0 spiro atoms. The van der Waals surface area contributed by atoms with Gasteiger partial charge in [0.05, 0.1) is 6.10 Å². The van der Waals surface area contributed by atoms with Crippen LogP contribution in [0.4, 0.5) is 0 Å². The third-order valence-corrected chi connectivity index (χ3v) is 3.13. The summed E-state index contributed by atoms with van der Waals surface area (Å²) in [6.45, 7) is 2.74. The summed E-state index contributed by atoms with van der Waals surface area (Å²) in [5.74, 6) is -0.369. The summed E-state index contributed by atoms with van der Waals surface area (Å²) in [4.78, 5) is 11.0. The van der Waals surface area contributed by atoms with Gasteiger partial charge in [0.15, 0.2) is 0 Å². The number of hydrogen-bond donors (Lipinski definition) is 2. The molecule has 1 aliphatic carbocycles. The van der Waals surface area contributed by atoms with E-state index in [1.54, 1.807) is 0 Å². The number of carboxylic acids is 1. The maximum atomic E-state index is 11.0. The highest BCUT2D eigenvalue weighted by Crippen LogP contribution is 2.33. The Kier molecular flexibility index (Phi) is 2.74. The summed E-state index contributed by atoms with van der Waals surface area (Å²) in [6.07, 6.45) is 3.17. The fourth-order valence-electron chi connectivity index (χ4n) is 2.02. The monoisotopic (exact) mass is 199 g/mol. The number of ether oxygens (including phenoxy) is 1. The second kappa shape index (κ2) is 3.87. The summed E-state index contributed by atoms with van der Waals surface area (Å²) >= 11 is 0. The van der Waals surface area contributed by atoms with Crippen molar-refractivity contribution in [3.8, 4) is 0 Å². The summed E-state index contributed by atoms with van der Waals surface area (Å²) in [5.41, 5.74) is 0. The molecular formula is C10H17NO3. The van der Waals surface area contributed by atoms with Crippen LogP contribution in [-0.4, -0.2) is 35.9 Å². The Balaban J connectivity index is 1.89. The van der Waals surface area contributed by atoms with Crippen LogP contribution in [-0.2, 0) is 9.53 Å². The van der Waals surface area contributed by atoms with Gasteiger partial charge in [-0.2, -0.15) is 0 Å². The van der Waals surface area contributed by atoms with E-state index in [1.807, 2.05) is 6.92 Å². The van der Waals surface area contributed by atoms with Gasteiger partial charge in [0.25, 0.3) is 0 Å². The number of carboxylic acid groups (broad SMARTS) is 1. The van der Waals surface area contributed by atoms with Gasteiger partial charge in [-0.25, -0.2) is 0 Å². The summed E-state index contributed by atoms with van der Waals surface area (Å²) < 4.78 is 5.39. The van der Waals surface area contributed by atoms with Crippen LogP contribution >= 0.6 is 0 Å². The number of rotatable bonds is 4. The lowest BCUT2D eigenvalue weighted by atomic mass is 10.1. The molecule has 2 fully saturated rings. The van der Waals surface area contributed by atoms with E-state index >= 15 is 0 Å². The van der Waals surface area contributed by atoms with E-state index in [0.29, 0.717) is 5.92 Å². The van der Waals surface area contributed by atoms with E-state index in [-0.39, 0.29) is 18.2 Å². The molecule has 3 unspecified atom stereocenters. The molecule has 0 aromatic heterocycles. The molecule has 14 heavy (non-hydrogen) atoms. The van der Waals surface area contributed by atoms with Crippen molar-refractivity contribution in [1.29, 1.82) is 0 Å². The Morgan fingerprint density at radius 3 is 2.64 bits per heavy atom. The Bertz CT molecular complexity index is 227. The lowest BCUT2D eigenvalue weighted by molar-refractivity contribution is -0.140. The normalized spacial score (nSPS) is 34.4. The van der Waals surface area contributed by atoms with Crippen molar-refractivity contribution in [1.82, 2.24) is 5.32 Å². The molecule has 4 nitrogen and oxygen atoms in total. The zero-order valence-electron chi connectivity index (χ0n) is 8.40. The average molecular weight is 199 g/mol. The second-order valence-corrected chi connectivity index (χ2v) is 4.29. The standard InChI is InChI=1S/C10H17NO3/c1-6-8(4-5-14-6)11-9(10(12)13)7-2-3-7/h6-9,11H,2-5H2,1H3,(H,12,13). The molecule has 1 heterocycles. The molecule has 1 saturated carbocycles. The van der Waals surface area contributed by atoms with Gasteiger partial charge in [0.1, 0.15) is 6.04 Å². The van der Waals surface area contributed by atoms with Gasteiger partial charge in [0, 0.05) is 12.6 Å². The third-order valence-electron chi connectivity index (χ3n) is 3.13. The van der Waals surface area contributed by atoms with Crippen LogP contribution in [0.1, 0.15) is 26.2 Å². The van der Waals surface area contributed by atoms with Crippen molar-refractivity contribution < 1.29 is 14.6 Å². The maximum Gasteiger partial charge on any atom is 0.320 e. The summed E-state index contributed by atoms with van der Waals surface area (Å²) in [7, 11) is 0. The first-order chi connectivity index (χ1) is 6.68. The van der Waals surface area contributed by atoms with Crippen LogP contribution in [0.25, 0.3) is 0 Å². The molecule has 0 aromatic rings. The van der Waals surface area contributed by atoms with Gasteiger partial charge in [-0.05, 0) is 32.1 Å². The molecular weight excluding hydrogens is 182 g/mol. The molecule has 2 rings (SSSR count). The Morgan fingerprint density at radius 1 is 1.50 bits per heavy atom. The van der Waals surface area contributed by atoms with E-state index in [1.165, 1.54) is 0 Å². The molecule has 2 aliphatic rings. The predicted octanol–water partition coefficient (Wildman–Crippen LogP) is 0.617. The Labute approximate surface area is 83.6 Å². The van der Waals surface area contributed by atoms with Gasteiger partial charge < -0.3 is 9.84 Å². The topological polar surface area (TPSA) is 58.6 Å². The van der Waals surface area contributed by atoms with Crippen LogP contribution in [0.3, 0.4) is 0 Å². The van der Waals surface area contributed by atoms with Crippen molar-refractivity contribution in [2.24, 2.45) is 5.92 Å². The Hall–Kier alpha value is -0.610. The number of aliphatic carboxylic acids is 1. The van der Waals surface area contributed by atoms with E-state index in [0.717, 1.165) is 25.9 Å². The fraction of sp³-hybridized carbons (Fsp3) is 0.900. The Morgan fingerprint density at radius 2 is 2.21 bits per heavy atom. The van der Waals surface area contributed by atoms with Gasteiger partial charge in [-0.3, -0.25) is 10.1 Å². The van der Waals surface area contributed by atoms with Crippen molar-refractivity contribution in [2.45, 2.75) is 44.4 Å². The minimum absolute atomic E-state index is 0.149. The lowest BCUT2D eigenvalue weighted by Crippen LogP contribution is -2.47. The molecule has 0 radical (unpaired) electrons. The van der Waals surface area contributed by atoms with Crippen LogP contribution in [0.5, 0.6) is 0 Å². The van der Waals surface area contributed by atoms with Crippen molar-refractivity contribution in [3.63, 3.8) is 0 Å². The predicted molar refractivity (Wildman–Crippen MR) is 51.1 cm³/mol. The molecule has 0 bridgehead atoms. The van der Waals surface area contributed by atoms with Gasteiger partial charge in [-0.15, -0.1) is 0 Å². The summed E-state index contributed by atoms with van der Waals surface area (Å²) in [5, 5.41) is 12.2. The molecule has 1 saturated heterocycles. The number of hydrogen-bond acceptors (Lipinski definition) is 3. The highest BCUT2D eigenvalue weighted by atomic mass is 16.5. The second-order valence-electron chi connectivity index (χ2n) is 4.29. The molecule has 4 heteroatoms.